The summed E-state index contributed by atoms with van der Waals surface area (Å²) < 4.78 is 28.4. The molecule has 1 unspecified atom stereocenters. The number of rotatable bonds is 3. The van der Waals surface area contributed by atoms with E-state index in [2.05, 4.69) is 5.32 Å². The van der Waals surface area contributed by atoms with E-state index in [9.17, 15) is 13.2 Å². The van der Waals surface area contributed by atoms with Crippen molar-refractivity contribution < 1.29 is 17.9 Å². The number of nitrogen functional groups attached to an aromatic ring is 1. The Morgan fingerprint density at radius 3 is 2.76 bits per heavy atom. The number of benzene rings is 1. The molecule has 0 radical (unpaired) electrons. The number of carbonyl (C=O) groups is 1. The van der Waals surface area contributed by atoms with E-state index < -0.39 is 15.9 Å². The molecule has 8 heteroatoms. The smallest absolute Gasteiger partial charge is 0.244 e. The van der Waals surface area contributed by atoms with E-state index in [4.69, 9.17) is 10.5 Å². The summed E-state index contributed by atoms with van der Waals surface area (Å²) in [5.74, 6) is -0.165. The van der Waals surface area contributed by atoms with E-state index in [1.165, 1.54) is 12.1 Å². The molecule has 0 bridgehead atoms. The van der Waals surface area contributed by atoms with Gasteiger partial charge in [-0.1, -0.05) is 0 Å². The number of anilines is 2. The van der Waals surface area contributed by atoms with Crippen molar-refractivity contribution in [2.24, 2.45) is 0 Å². The first-order valence-corrected chi connectivity index (χ1v) is 8.39. The molecular formula is C13H19N3O4S. The van der Waals surface area contributed by atoms with Gasteiger partial charge in [-0.25, -0.2) is 8.42 Å². The molecule has 116 valence electrons. The van der Waals surface area contributed by atoms with E-state index in [1.54, 1.807) is 13.1 Å². The second-order valence-corrected chi connectivity index (χ2v) is 6.91. The standard InChI is InChI=1S/C13H19N3O4S/c1-15-13(17)12-8-20-6-5-16(12)11-4-3-9(7-10(11)14)21(2,18)19/h3-4,7,12H,5-6,8,14H2,1-2H3,(H,15,17). The van der Waals surface area contributed by atoms with Crippen LogP contribution in [0.2, 0.25) is 0 Å². The number of morpholine rings is 1. The van der Waals surface area contributed by atoms with Crippen LogP contribution >= 0.6 is 0 Å². The highest BCUT2D eigenvalue weighted by Gasteiger charge is 2.30. The molecule has 21 heavy (non-hydrogen) atoms. The van der Waals surface area contributed by atoms with Crippen molar-refractivity contribution in [3.05, 3.63) is 18.2 Å². The number of nitrogens with one attached hydrogen (secondary N) is 1. The van der Waals surface area contributed by atoms with Gasteiger partial charge >= 0.3 is 0 Å². The third-order valence-corrected chi connectivity index (χ3v) is 4.52. The minimum atomic E-state index is -3.31. The van der Waals surface area contributed by atoms with Crippen molar-refractivity contribution in [1.82, 2.24) is 5.32 Å². The van der Waals surface area contributed by atoms with Crippen molar-refractivity contribution in [3.63, 3.8) is 0 Å². The summed E-state index contributed by atoms with van der Waals surface area (Å²) in [6.45, 7) is 1.27. The predicted octanol–water partition coefficient (Wildman–Crippen LogP) is -0.376. The zero-order chi connectivity index (χ0) is 15.6. The molecule has 3 N–H and O–H groups in total. The quantitative estimate of drug-likeness (QED) is 0.738. The largest absolute Gasteiger partial charge is 0.397 e. The fourth-order valence-corrected chi connectivity index (χ4v) is 2.96. The molecule has 1 saturated heterocycles. The van der Waals surface area contributed by atoms with E-state index in [-0.39, 0.29) is 17.4 Å². The van der Waals surface area contributed by atoms with Gasteiger partial charge in [-0.05, 0) is 18.2 Å². The van der Waals surface area contributed by atoms with Crippen molar-refractivity contribution in [3.8, 4) is 0 Å². The van der Waals surface area contributed by atoms with Crippen molar-refractivity contribution in [2.75, 3.05) is 43.7 Å². The van der Waals surface area contributed by atoms with Crippen LogP contribution in [-0.4, -0.2) is 53.4 Å². The van der Waals surface area contributed by atoms with Gasteiger partial charge in [-0.15, -0.1) is 0 Å². The lowest BCUT2D eigenvalue weighted by Crippen LogP contribution is -2.53. The maximum absolute atomic E-state index is 11.9. The normalized spacial score (nSPS) is 19.3. The first-order chi connectivity index (χ1) is 9.84. The highest BCUT2D eigenvalue weighted by Crippen LogP contribution is 2.29. The number of amides is 1. The first-order valence-electron chi connectivity index (χ1n) is 6.50. The molecule has 1 aliphatic rings. The van der Waals surface area contributed by atoms with Gasteiger partial charge in [0.25, 0.3) is 0 Å². The summed E-state index contributed by atoms with van der Waals surface area (Å²) in [5.41, 5.74) is 6.94. The van der Waals surface area contributed by atoms with Crippen molar-refractivity contribution >= 4 is 27.1 Å². The zero-order valence-corrected chi connectivity index (χ0v) is 12.8. The molecule has 0 spiro atoms. The maximum atomic E-state index is 11.9. The zero-order valence-electron chi connectivity index (χ0n) is 12.0. The molecule has 7 nitrogen and oxygen atoms in total. The molecular weight excluding hydrogens is 294 g/mol. The van der Waals surface area contributed by atoms with Crippen LogP contribution in [0.3, 0.4) is 0 Å². The summed E-state index contributed by atoms with van der Waals surface area (Å²) in [5, 5.41) is 2.59. The Bertz CT molecular complexity index is 645. The Morgan fingerprint density at radius 1 is 1.48 bits per heavy atom. The molecule has 1 heterocycles. The average Bonchev–Trinajstić information content (AvgIpc) is 2.45. The van der Waals surface area contributed by atoms with Gasteiger partial charge < -0.3 is 20.7 Å². The minimum absolute atomic E-state index is 0.161. The average molecular weight is 313 g/mol. The lowest BCUT2D eigenvalue weighted by molar-refractivity contribution is -0.124. The van der Waals surface area contributed by atoms with Gasteiger partial charge in [-0.3, -0.25) is 4.79 Å². The second-order valence-electron chi connectivity index (χ2n) is 4.89. The molecule has 1 amide bonds. The van der Waals surface area contributed by atoms with E-state index >= 15 is 0 Å². The molecule has 1 aliphatic heterocycles. The van der Waals surface area contributed by atoms with Gasteiger partial charge in [0, 0.05) is 19.8 Å². The van der Waals surface area contributed by atoms with Crippen LogP contribution in [0.4, 0.5) is 11.4 Å². The van der Waals surface area contributed by atoms with E-state index in [1.807, 2.05) is 4.90 Å². The SMILES string of the molecule is CNC(=O)C1COCCN1c1ccc(S(C)(=O)=O)cc1N. The Morgan fingerprint density at radius 2 is 2.19 bits per heavy atom. The van der Waals surface area contributed by atoms with Crippen LogP contribution in [0, 0.1) is 0 Å². The highest BCUT2D eigenvalue weighted by molar-refractivity contribution is 7.90. The summed E-state index contributed by atoms with van der Waals surface area (Å²) in [4.78, 5) is 13.9. The number of ether oxygens (including phenoxy) is 1. The molecule has 2 rings (SSSR count). The Hall–Kier alpha value is -1.80. The third kappa shape index (κ3) is 3.27. The van der Waals surface area contributed by atoms with Crippen LogP contribution < -0.4 is 16.0 Å². The van der Waals surface area contributed by atoms with Crippen molar-refractivity contribution in [1.29, 1.82) is 0 Å². The topological polar surface area (TPSA) is 102 Å². The first kappa shape index (κ1) is 15.6. The van der Waals surface area contributed by atoms with Gasteiger partial charge in [0.05, 0.1) is 29.5 Å². The maximum Gasteiger partial charge on any atom is 0.244 e. The predicted molar refractivity (Wildman–Crippen MR) is 80.0 cm³/mol. The highest BCUT2D eigenvalue weighted by atomic mass is 32.2. The lowest BCUT2D eigenvalue weighted by atomic mass is 10.1. The number of hydrogen-bond donors (Lipinski definition) is 2. The van der Waals surface area contributed by atoms with Crippen molar-refractivity contribution in [2.45, 2.75) is 10.9 Å². The van der Waals surface area contributed by atoms with Gasteiger partial charge in [0.2, 0.25) is 5.91 Å². The monoisotopic (exact) mass is 313 g/mol. The number of hydrogen-bond acceptors (Lipinski definition) is 6. The van der Waals surface area contributed by atoms with Gasteiger partial charge in [-0.2, -0.15) is 0 Å². The Balaban J connectivity index is 2.38. The molecule has 1 atom stereocenters. The molecule has 1 aromatic rings. The number of nitrogens with zero attached hydrogens (tertiary/aromatic N) is 1. The van der Waals surface area contributed by atoms with Crippen LogP contribution in [0.25, 0.3) is 0 Å². The molecule has 1 fully saturated rings. The summed E-state index contributed by atoms with van der Waals surface area (Å²) in [6, 6.07) is 4.07. The molecule has 0 aromatic heterocycles. The molecule has 0 saturated carbocycles. The number of carbonyl (C=O) groups excluding carboxylic acids is 1. The third-order valence-electron chi connectivity index (χ3n) is 3.41. The van der Waals surface area contributed by atoms with Gasteiger partial charge in [0.15, 0.2) is 9.84 Å². The summed E-state index contributed by atoms with van der Waals surface area (Å²) in [7, 11) is -1.75. The number of likely N-dealkylation sites (N-methyl/N-ethyl adjacent to an activating group) is 1. The second kappa shape index (κ2) is 5.90. The van der Waals surface area contributed by atoms with Crippen LogP contribution in [0.15, 0.2) is 23.1 Å². The number of nitrogens with two attached hydrogens (primary N) is 1. The summed E-state index contributed by atoms with van der Waals surface area (Å²) in [6.07, 6.45) is 1.13. The fourth-order valence-electron chi connectivity index (χ4n) is 2.30. The number of sulfone groups is 1. The van der Waals surface area contributed by atoms with Crippen LogP contribution in [0.1, 0.15) is 0 Å². The van der Waals surface area contributed by atoms with E-state index in [0.717, 1.165) is 6.26 Å². The summed E-state index contributed by atoms with van der Waals surface area (Å²) >= 11 is 0. The fraction of sp³-hybridized carbons (Fsp3) is 0.462. The molecule has 0 aliphatic carbocycles. The van der Waals surface area contributed by atoms with E-state index in [0.29, 0.717) is 24.5 Å². The molecule has 1 aromatic carbocycles. The minimum Gasteiger partial charge on any atom is -0.397 e. The lowest BCUT2D eigenvalue weighted by Gasteiger charge is -2.36. The Labute approximate surface area is 124 Å². The Kier molecular flexibility index (Phi) is 4.38. The van der Waals surface area contributed by atoms with Gasteiger partial charge in [0.1, 0.15) is 6.04 Å². The van der Waals surface area contributed by atoms with Crippen LogP contribution in [-0.2, 0) is 19.4 Å². The van der Waals surface area contributed by atoms with Crippen LogP contribution in [0.5, 0.6) is 0 Å².